The van der Waals surface area contributed by atoms with Gasteiger partial charge >= 0.3 is 0 Å². The maximum Gasteiger partial charge on any atom is 0.255 e. The molecule has 0 saturated carbocycles. The zero-order chi connectivity index (χ0) is 13.5. The summed E-state index contributed by atoms with van der Waals surface area (Å²) in [7, 11) is 1.62. The molecule has 1 atom stereocenters. The lowest BCUT2D eigenvalue weighted by Gasteiger charge is -2.14. The molecule has 0 bridgehead atoms. The molecule has 1 fully saturated rings. The highest BCUT2D eigenvalue weighted by atomic mass is 16.5. The fraction of sp³-hybridized carbons (Fsp3) is 0.500. The quantitative estimate of drug-likeness (QED) is 0.746. The average Bonchev–Trinajstić information content (AvgIpc) is 2.92. The van der Waals surface area contributed by atoms with E-state index in [0.717, 1.165) is 19.5 Å². The molecule has 1 heterocycles. The van der Waals surface area contributed by atoms with Gasteiger partial charge in [-0.05, 0) is 25.1 Å². The minimum Gasteiger partial charge on any atom is -0.490 e. The van der Waals surface area contributed by atoms with E-state index in [0.29, 0.717) is 24.5 Å². The second kappa shape index (κ2) is 7.11. The summed E-state index contributed by atoms with van der Waals surface area (Å²) in [5.41, 5.74) is 0.575. The second-order valence-corrected chi connectivity index (χ2v) is 4.50. The van der Waals surface area contributed by atoms with Gasteiger partial charge in [0, 0.05) is 19.7 Å². The van der Waals surface area contributed by atoms with Gasteiger partial charge in [0.1, 0.15) is 12.4 Å². The Hall–Kier alpha value is -1.59. The number of hydrogen-bond acceptors (Lipinski definition) is 4. The molecule has 19 heavy (non-hydrogen) atoms. The Bertz CT molecular complexity index is 417. The Morgan fingerprint density at radius 3 is 3.00 bits per heavy atom. The fourth-order valence-corrected chi connectivity index (χ4v) is 2.06. The molecular weight excluding hydrogens is 244 g/mol. The Morgan fingerprint density at radius 1 is 1.42 bits per heavy atom. The zero-order valence-electron chi connectivity index (χ0n) is 11.1. The summed E-state index contributed by atoms with van der Waals surface area (Å²) in [5.74, 6) is 0.518. The second-order valence-electron chi connectivity index (χ2n) is 4.50. The van der Waals surface area contributed by atoms with E-state index in [2.05, 4.69) is 10.6 Å². The molecule has 1 aliphatic rings. The van der Waals surface area contributed by atoms with E-state index in [1.54, 1.807) is 19.2 Å². The predicted molar refractivity (Wildman–Crippen MR) is 72.6 cm³/mol. The third kappa shape index (κ3) is 3.94. The van der Waals surface area contributed by atoms with Crippen LogP contribution in [0.25, 0.3) is 0 Å². The van der Waals surface area contributed by atoms with Crippen molar-refractivity contribution in [2.75, 3.05) is 33.4 Å². The first-order chi connectivity index (χ1) is 9.31. The van der Waals surface area contributed by atoms with Crippen molar-refractivity contribution in [2.45, 2.75) is 12.5 Å². The van der Waals surface area contributed by atoms with E-state index in [1.165, 1.54) is 0 Å². The molecule has 104 valence electrons. The molecule has 0 aromatic heterocycles. The lowest BCUT2D eigenvalue weighted by atomic mass is 10.1. The largest absolute Gasteiger partial charge is 0.490 e. The highest BCUT2D eigenvalue weighted by Gasteiger charge is 2.19. The van der Waals surface area contributed by atoms with Crippen molar-refractivity contribution in [3.05, 3.63) is 29.8 Å². The summed E-state index contributed by atoms with van der Waals surface area (Å²) in [6.45, 7) is 2.73. The van der Waals surface area contributed by atoms with Crippen LogP contribution < -0.4 is 15.4 Å². The Labute approximate surface area is 113 Å². The number of carbonyl (C=O) groups excluding carboxylic acids is 1. The van der Waals surface area contributed by atoms with E-state index in [9.17, 15) is 4.79 Å². The lowest BCUT2D eigenvalue weighted by molar-refractivity contribution is 0.0932. The van der Waals surface area contributed by atoms with Crippen molar-refractivity contribution in [2.24, 2.45) is 0 Å². The SMILES string of the molecule is COCCOc1ccccc1C(=O)NC1CCNC1. The normalized spacial score (nSPS) is 18.3. The van der Waals surface area contributed by atoms with E-state index < -0.39 is 0 Å². The summed E-state index contributed by atoms with van der Waals surface area (Å²) < 4.78 is 10.5. The van der Waals surface area contributed by atoms with Crippen molar-refractivity contribution in [3.63, 3.8) is 0 Å². The molecule has 1 aromatic rings. The number of amides is 1. The van der Waals surface area contributed by atoms with Gasteiger partial charge in [-0.2, -0.15) is 0 Å². The maximum atomic E-state index is 12.2. The van der Waals surface area contributed by atoms with E-state index >= 15 is 0 Å². The fourth-order valence-electron chi connectivity index (χ4n) is 2.06. The van der Waals surface area contributed by atoms with Gasteiger partial charge in [-0.3, -0.25) is 4.79 Å². The van der Waals surface area contributed by atoms with Crippen molar-refractivity contribution in [3.8, 4) is 5.75 Å². The number of nitrogens with one attached hydrogen (secondary N) is 2. The Kier molecular flexibility index (Phi) is 5.18. The van der Waals surface area contributed by atoms with Crippen LogP contribution in [0.1, 0.15) is 16.8 Å². The highest BCUT2D eigenvalue weighted by Crippen LogP contribution is 2.18. The first-order valence-corrected chi connectivity index (χ1v) is 6.53. The maximum absolute atomic E-state index is 12.2. The predicted octanol–water partition coefficient (Wildman–Crippen LogP) is 0.804. The van der Waals surface area contributed by atoms with Crippen molar-refractivity contribution in [1.29, 1.82) is 0 Å². The first-order valence-electron chi connectivity index (χ1n) is 6.53. The number of methoxy groups -OCH3 is 1. The third-order valence-corrected chi connectivity index (χ3v) is 3.07. The number of hydrogen-bond donors (Lipinski definition) is 2. The summed E-state index contributed by atoms with van der Waals surface area (Å²) >= 11 is 0. The molecule has 0 aliphatic carbocycles. The van der Waals surface area contributed by atoms with E-state index in [4.69, 9.17) is 9.47 Å². The molecule has 2 rings (SSSR count). The molecule has 1 amide bonds. The van der Waals surface area contributed by atoms with E-state index in [1.807, 2.05) is 12.1 Å². The molecule has 0 radical (unpaired) electrons. The van der Waals surface area contributed by atoms with Crippen molar-refractivity contribution in [1.82, 2.24) is 10.6 Å². The molecule has 5 heteroatoms. The number of rotatable bonds is 6. The number of para-hydroxylation sites is 1. The van der Waals surface area contributed by atoms with Crippen LogP contribution in [0.2, 0.25) is 0 Å². The Balaban J connectivity index is 1.98. The van der Waals surface area contributed by atoms with Crippen LogP contribution in [0, 0.1) is 0 Å². The third-order valence-electron chi connectivity index (χ3n) is 3.07. The summed E-state index contributed by atoms with van der Waals surface area (Å²) in [4.78, 5) is 12.2. The topological polar surface area (TPSA) is 59.6 Å². The van der Waals surface area contributed by atoms with Crippen LogP contribution in [0.15, 0.2) is 24.3 Å². The Morgan fingerprint density at radius 2 is 2.26 bits per heavy atom. The monoisotopic (exact) mass is 264 g/mol. The molecular formula is C14H20N2O3. The van der Waals surface area contributed by atoms with Crippen LogP contribution in [-0.2, 0) is 4.74 Å². The minimum atomic E-state index is -0.0817. The van der Waals surface area contributed by atoms with Gasteiger partial charge in [0.2, 0.25) is 0 Å². The molecule has 1 aliphatic heterocycles. The van der Waals surface area contributed by atoms with Crippen LogP contribution in [-0.4, -0.2) is 45.4 Å². The van der Waals surface area contributed by atoms with Gasteiger partial charge in [0.15, 0.2) is 0 Å². The van der Waals surface area contributed by atoms with Crippen molar-refractivity contribution >= 4 is 5.91 Å². The molecule has 1 unspecified atom stereocenters. The smallest absolute Gasteiger partial charge is 0.255 e. The van der Waals surface area contributed by atoms with Crippen LogP contribution in [0.5, 0.6) is 5.75 Å². The van der Waals surface area contributed by atoms with Gasteiger partial charge in [0.05, 0.1) is 12.2 Å². The summed E-state index contributed by atoms with van der Waals surface area (Å²) in [6.07, 6.45) is 0.971. The molecule has 1 aromatic carbocycles. The number of ether oxygens (including phenoxy) is 2. The molecule has 0 spiro atoms. The summed E-state index contributed by atoms with van der Waals surface area (Å²) in [6, 6.07) is 7.48. The van der Waals surface area contributed by atoms with Gasteiger partial charge in [-0.15, -0.1) is 0 Å². The van der Waals surface area contributed by atoms with E-state index in [-0.39, 0.29) is 11.9 Å². The number of benzene rings is 1. The molecule has 5 nitrogen and oxygen atoms in total. The standard InChI is InChI=1S/C14H20N2O3/c1-18-8-9-19-13-5-3-2-4-12(13)14(17)16-11-6-7-15-10-11/h2-5,11,15H,6-10H2,1H3,(H,16,17). The lowest BCUT2D eigenvalue weighted by Crippen LogP contribution is -2.36. The molecule has 1 saturated heterocycles. The van der Waals surface area contributed by atoms with Crippen LogP contribution >= 0.6 is 0 Å². The summed E-state index contributed by atoms with van der Waals surface area (Å²) in [5, 5.41) is 6.24. The van der Waals surface area contributed by atoms with Gasteiger partial charge in [0.25, 0.3) is 5.91 Å². The van der Waals surface area contributed by atoms with Gasteiger partial charge in [-0.1, -0.05) is 12.1 Å². The average molecular weight is 264 g/mol. The van der Waals surface area contributed by atoms with Gasteiger partial charge < -0.3 is 20.1 Å². The van der Waals surface area contributed by atoms with Gasteiger partial charge in [-0.25, -0.2) is 0 Å². The highest BCUT2D eigenvalue weighted by molar-refractivity contribution is 5.97. The van der Waals surface area contributed by atoms with Crippen LogP contribution in [0.4, 0.5) is 0 Å². The van der Waals surface area contributed by atoms with Crippen LogP contribution in [0.3, 0.4) is 0 Å². The first kappa shape index (κ1) is 13.8. The molecule has 2 N–H and O–H groups in total. The number of carbonyl (C=O) groups is 1. The van der Waals surface area contributed by atoms with Crippen molar-refractivity contribution < 1.29 is 14.3 Å². The minimum absolute atomic E-state index is 0.0817. The zero-order valence-corrected chi connectivity index (χ0v) is 11.1.